The third kappa shape index (κ3) is 3.05. The van der Waals surface area contributed by atoms with Crippen LogP contribution in [-0.2, 0) is 19.2 Å². The third-order valence-corrected chi connectivity index (χ3v) is 3.94. The average Bonchev–Trinajstić information content (AvgIpc) is 2.36. The van der Waals surface area contributed by atoms with Crippen LogP contribution in [0.5, 0.6) is 0 Å². The van der Waals surface area contributed by atoms with Crippen LogP contribution in [0.25, 0.3) is 0 Å². The Morgan fingerprint density at radius 1 is 0.950 bits per heavy atom. The summed E-state index contributed by atoms with van der Waals surface area (Å²) < 4.78 is 0. The van der Waals surface area contributed by atoms with E-state index in [1.54, 1.807) is 0 Å². The van der Waals surface area contributed by atoms with Gasteiger partial charge in [-0.05, 0) is 19.8 Å². The van der Waals surface area contributed by atoms with Gasteiger partial charge < -0.3 is 0 Å². The molecular weight excluding hydrogens is 260 g/mol. The van der Waals surface area contributed by atoms with E-state index in [1.807, 2.05) is 20.8 Å². The van der Waals surface area contributed by atoms with Gasteiger partial charge in [-0.1, -0.05) is 20.3 Å². The molecule has 1 aliphatic heterocycles. The van der Waals surface area contributed by atoms with Crippen LogP contribution >= 0.6 is 0 Å². The smallest absolute Gasteiger partial charge is 0.239 e. The molecule has 1 heterocycles. The monoisotopic (exact) mass is 282 g/mol. The number of rotatable bonds is 4. The minimum Gasteiger partial charge on any atom is -0.285 e. The molecule has 0 aromatic rings. The van der Waals surface area contributed by atoms with E-state index in [4.69, 9.17) is 0 Å². The molecule has 0 radical (unpaired) electrons. The lowest BCUT2D eigenvalue weighted by molar-refractivity contribution is -0.159. The van der Waals surface area contributed by atoms with Gasteiger partial charge in [0.25, 0.3) is 0 Å². The minimum atomic E-state index is -0.639. The summed E-state index contributed by atoms with van der Waals surface area (Å²) in [6, 6.07) is 0. The second-order valence-electron chi connectivity index (χ2n) is 5.42. The van der Waals surface area contributed by atoms with E-state index < -0.39 is 42.0 Å². The summed E-state index contributed by atoms with van der Waals surface area (Å²) in [5.74, 6) is -2.16. The van der Waals surface area contributed by atoms with Crippen LogP contribution in [0.3, 0.4) is 0 Å². The lowest BCUT2D eigenvalue weighted by Crippen LogP contribution is -2.56. The number of hydrogen-bond acceptors (Lipinski definition) is 4. The van der Waals surface area contributed by atoms with E-state index in [9.17, 15) is 19.2 Å². The summed E-state index contributed by atoms with van der Waals surface area (Å²) in [5.41, 5.74) is -0.639. The number of imide groups is 2. The Morgan fingerprint density at radius 2 is 1.40 bits per heavy atom. The summed E-state index contributed by atoms with van der Waals surface area (Å²) in [7, 11) is 1.30. The molecule has 0 aromatic heterocycles. The highest BCUT2D eigenvalue weighted by Gasteiger charge is 2.41. The molecule has 0 N–H and O–H groups in total. The molecule has 1 saturated heterocycles. The fourth-order valence-corrected chi connectivity index (χ4v) is 2.52. The van der Waals surface area contributed by atoms with Crippen LogP contribution < -0.4 is 0 Å². The van der Waals surface area contributed by atoms with E-state index in [2.05, 4.69) is 0 Å². The van der Waals surface area contributed by atoms with Gasteiger partial charge in [0.1, 0.15) is 12.8 Å². The Labute approximate surface area is 119 Å². The minimum absolute atomic E-state index is 0.437. The number of nitrogens with zero attached hydrogens (tertiary/aromatic N) is 2. The van der Waals surface area contributed by atoms with Gasteiger partial charge in [-0.2, -0.15) is 0 Å². The van der Waals surface area contributed by atoms with E-state index in [1.165, 1.54) is 7.05 Å². The zero-order valence-corrected chi connectivity index (χ0v) is 12.6. The SMILES string of the molecule is CCCC(C)(CC)N1C(=O)CC(=O)N(C)C(=O)CC1=O. The van der Waals surface area contributed by atoms with E-state index in [0.717, 1.165) is 16.2 Å². The molecule has 0 saturated carbocycles. The van der Waals surface area contributed by atoms with Crippen molar-refractivity contribution in [2.75, 3.05) is 7.05 Å². The van der Waals surface area contributed by atoms with Crippen molar-refractivity contribution in [1.29, 1.82) is 0 Å². The van der Waals surface area contributed by atoms with Crippen LogP contribution in [0.1, 0.15) is 52.9 Å². The largest absolute Gasteiger partial charge is 0.285 e. The predicted molar refractivity (Wildman–Crippen MR) is 72.5 cm³/mol. The molecule has 1 rings (SSSR count). The zero-order valence-electron chi connectivity index (χ0n) is 12.6. The molecule has 1 fully saturated rings. The molecular formula is C14H22N2O4. The van der Waals surface area contributed by atoms with Crippen molar-refractivity contribution in [1.82, 2.24) is 9.80 Å². The number of carbonyl (C=O) groups is 4. The Bertz CT molecular complexity index is 416. The average molecular weight is 282 g/mol. The standard InChI is InChI=1S/C14H22N2O4/c1-5-7-14(3,6-2)16-12(19)8-10(17)15(4)11(18)9-13(16)20/h5-9H2,1-4H3. The fourth-order valence-electron chi connectivity index (χ4n) is 2.52. The van der Waals surface area contributed by atoms with Gasteiger partial charge in [0.15, 0.2) is 0 Å². The summed E-state index contributed by atoms with van der Waals surface area (Å²) in [6.07, 6.45) is 1.18. The second kappa shape index (κ2) is 6.15. The third-order valence-electron chi connectivity index (χ3n) is 3.94. The maximum absolute atomic E-state index is 12.3. The predicted octanol–water partition coefficient (Wildman–Crippen LogP) is 1.09. The number of carbonyl (C=O) groups excluding carboxylic acids is 4. The summed E-state index contributed by atoms with van der Waals surface area (Å²) in [4.78, 5) is 50.0. The normalized spacial score (nSPS) is 20.8. The lowest BCUT2D eigenvalue weighted by atomic mass is 9.89. The van der Waals surface area contributed by atoms with E-state index >= 15 is 0 Å². The van der Waals surface area contributed by atoms with Gasteiger partial charge in [0.2, 0.25) is 23.6 Å². The topological polar surface area (TPSA) is 74.8 Å². The molecule has 6 heteroatoms. The highest BCUT2D eigenvalue weighted by Crippen LogP contribution is 2.28. The highest BCUT2D eigenvalue weighted by atomic mass is 16.2. The van der Waals surface area contributed by atoms with Crippen LogP contribution in [0.2, 0.25) is 0 Å². The van der Waals surface area contributed by atoms with Gasteiger partial charge in [-0.3, -0.25) is 29.0 Å². The van der Waals surface area contributed by atoms with Gasteiger partial charge in [-0.15, -0.1) is 0 Å². The second-order valence-corrected chi connectivity index (χ2v) is 5.42. The highest BCUT2D eigenvalue weighted by molar-refractivity contribution is 6.15. The molecule has 112 valence electrons. The summed E-state index contributed by atoms with van der Waals surface area (Å²) >= 11 is 0. The Balaban J connectivity index is 3.16. The van der Waals surface area contributed by atoms with Crippen molar-refractivity contribution in [2.45, 2.75) is 58.4 Å². The van der Waals surface area contributed by atoms with Crippen LogP contribution in [-0.4, -0.2) is 46.0 Å². The van der Waals surface area contributed by atoms with Gasteiger partial charge in [-0.25, -0.2) is 0 Å². The molecule has 6 nitrogen and oxygen atoms in total. The van der Waals surface area contributed by atoms with Gasteiger partial charge in [0, 0.05) is 12.6 Å². The fraction of sp³-hybridized carbons (Fsp3) is 0.714. The lowest BCUT2D eigenvalue weighted by Gasteiger charge is -2.40. The maximum Gasteiger partial charge on any atom is 0.239 e. The molecule has 0 spiro atoms. The summed E-state index contributed by atoms with van der Waals surface area (Å²) in [5, 5.41) is 0. The van der Waals surface area contributed by atoms with Crippen LogP contribution in [0.15, 0.2) is 0 Å². The quantitative estimate of drug-likeness (QED) is 0.571. The molecule has 1 atom stereocenters. The first-order valence-corrected chi connectivity index (χ1v) is 6.92. The molecule has 1 unspecified atom stereocenters. The number of hydrogen-bond donors (Lipinski definition) is 0. The van der Waals surface area contributed by atoms with E-state index in [0.29, 0.717) is 12.8 Å². The van der Waals surface area contributed by atoms with Crippen LogP contribution in [0, 0.1) is 0 Å². The molecule has 4 amide bonds. The zero-order chi connectivity index (χ0) is 15.5. The molecule has 0 aliphatic carbocycles. The first kappa shape index (κ1) is 16.3. The molecule has 1 aliphatic rings. The molecule has 20 heavy (non-hydrogen) atoms. The number of amides is 4. The van der Waals surface area contributed by atoms with Gasteiger partial charge >= 0.3 is 0 Å². The Kier molecular flexibility index (Phi) is 5.03. The van der Waals surface area contributed by atoms with Crippen molar-refractivity contribution in [3.63, 3.8) is 0 Å². The van der Waals surface area contributed by atoms with Crippen LogP contribution in [0.4, 0.5) is 0 Å². The first-order chi connectivity index (χ1) is 9.26. The molecule has 0 aromatic carbocycles. The van der Waals surface area contributed by atoms with Crippen molar-refractivity contribution in [3.05, 3.63) is 0 Å². The first-order valence-electron chi connectivity index (χ1n) is 6.92. The maximum atomic E-state index is 12.3. The van der Waals surface area contributed by atoms with Crippen molar-refractivity contribution in [3.8, 4) is 0 Å². The van der Waals surface area contributed by atoms with Gasteiger partial charge in [0.05, 0.1) is 0 Å². The Morgan fingerprint density at radius 3 is 1.75 bits per heavy atom. The van der Waals surface area contributed by atoms with Crippen molar-refractivity contribution in [2.24, 2.45) is 0 Å². The van der Waals surface area contributed by atoms with E-state index in [-0.39, 0.29) is 0 Å². The Hall–Kier alpha value is -1.72. The van der Waals surface area contributed by atoms with Crippen molar-refractivity contribution < 1.29 is 19.2 Å². The summed E-state index contributed by atoms with van der Waals surface area (Å²) in [6.45, 7) is 5.69. The molecule has 0 bridgehead atoms. The van der Waals surface area contributed by atoms with Crippen molar-refractivity contribution >= 4 is 23.6 Å².